The molecule has 0 spiro atoms. The summed E-state index contributed by atoms with van der Waals surface area (Å²) in [4.78, 5) is 0. The van der Waals surface area contributed by atoms with E-state index in [0.29, 0.717) is 5.15 Å². The zero-order valence-corrected chi connectivity index (χ0v) is 9.82. The van der Waals surface area contributed by atoms with Gasteiger partial charge in [0, 0.05) is 5.56 Å². The zero-order valence-electron chi connectivity index (χ0n) is 9.07. The number of hydrogen-bond acceptors (Lipinski definition) is 3. The van der Waals surface area contributed by atoms with Crippen molar-refractivity contribution in [2.75, 3.05) is 7.11 Å². The number of ether oxygens (including phenoxy) is 1. The molecule has 0 saturated heterocycles. The first-order chi connectivity index (χ1) is 7.70. The van der Waals surface area contributed by atoms with Crippen LogP contribution in [0.3, 0.4) is 0 Å². The molecule has 1 aromatic carbocycles. The Morgan fingerprint density at radius 3 is 2.69 bits per heavy atom. The average Bonchev–Trinajstić information content (AvgIpc) is 2.33. The van der Waals surface area contributed by atoms with Crippen LogP contribution in [0.15, 0.2) is 30.3 Å². The summed E-state index contributed by atoms with van der Waals surface area (Å²) in [7, 11) is 1.64. The molecular weight excluding hydrogens is 224 g/mol. The van der Waals surface area contributed by atoms with Crippen molar-refractivity contribution in [3.05, 3.63) is 41.0 Å². The monoisotopic (exact) mass is 234 g/mol. The number of nitrogens with zero attached hydrogens (tertiary/aromatic N) is 2. The predicted molar refractivity (Wildman–Crippen MR) is 63.8 cm³/mol. The molecule has 0 N–H and O–H groups in total. The number of aryl methyl sites for hydroxylation is 1. The Morgan fingerprint density at radius 2 is 2.00 bits per heavy atom. The van der Waals surface area contributed by atoms with Crippen LogP contribution < -0.4 is 4.74 Å². The van der Waals surface area contributed by atoms with Crippen LogP contribution in [0.25, 0.3) is 11.3 Å². The molecule has 0 atom stereocenters. The van der Waals surface area contributed by atoms with E-state index in [4.69, 9.17) is 16.3 Å². The maximum atomic E-state index is 5.83. The summed E-state index contributed by atoms with van der Waals surface area (Å²) in [5.74, 6) is 0.798. The quantitative estimate of drug-likeness (QED) is 0.801. The second-order valence-corrected chi connectivity index (χ2v) is 3.79. The third kappa shape index (κ3) is 2.14. The van der Waals surface area contributed by atoms with Crippen molar-refractivity contribution >= 4 is 11.6 Å². The normalized spacial score (nSPS) is 10.2. The van der Waals surface area contributed by atoms with Gasteiger partial charge in [0.05, 0.1) is 12.8 Å². The molecule has 1 heterocycles. The van der Waals surface area contributed by atoms with Gasteiger partial charge in [0.15, 0.2) is 5.15 Å². The molecular formula is C12H11ClN2O. The van der Waals surface area contributed by atoms with Crippen LogP contribution in [0.4, 0.5) is 0 Å². The van der Waals surface area contributed by atoms with Gasteiger partial charge < -0.3 is 4.74 Å². The molecule has 0 amide bonds. The fourth-order valence-electron chi connectivity index (χ4n) is 1.39. The first-order valence-corrected chi connectivity index (χ1v) is 5.23. The van der Waals surface area contributed by atoms with Crippen molar-refractivity contribution in [3.63, 3.8) is 0 Å². The van der Waals surface area contributed by atoms with Crippen LogP contribution in [-0.2, 0) is 0 Å². The number of rotatable bonds is 2. The lowest BCUT2D eigenvalue weighted by molar-refractivity contribution is 0.415. The predicted octanol–water partition coefficient (Wildman–Crippen LogP) is 3.11. The number of methoxy groups -OCH3 is 1. The molecule has 2 aromatic rings. The van der Waals surface area contributed by atoms with Crippen molar-refractivity contribution < 1.29 is 4.74 Å². The summed E-state index contributed by atoms with van der Waals surface area (Å²) in [6.45, 7) is 1.90. The highest BCUT2D eigenvalue weighted by Crippen LogP contribution is 2.23. The zero-order chi connectivity index (χ0) is 11.5. The van der Waals surface area contributed by atoms with E-state index in [9.17, 15) is 0 Å². The lowest BCUT2D eigenvalue weighted by Crippen LogP contribution is -1.91. The van der Waals surface area contributed by atoms with Gasteiger partial charge in [0.25, 0.3) is 0 Å². The van der Waals surface area contributed by atoms with Crippen molar-refractivity contribution in [1.29, 1.82) is 0 Å². The van der Waals surface area contributed by atoms with E-state index < -0.39 is 0 Å². The van der Waals surface area contributed by atoms with E-state index in [1.807, 2.05) is 37.3 Å². The van der Waals surface area contributed by atoms with Crippen LogP contribution >= 0.6 is 11.6 Å². The molecule has 0 radical (unpaired) electrons. The average molecular weight is 235 g/mol. The number of hydrogen-bond donors (Lipinski definition) is 0. The van der Waals surface area contributed by atoms with Gasteiger partial charge in [-0.25, -0.2) is 0 Å². The fraction of sp³-hybridized carbons (Fsp3) is 0.167. The lowest BCUT2D eigenvalue weighted by Gasteiger charge is -2.04. The van der Waals surface area contributed by atoms with E-state index in [0.717, 1.165) is 22.6 Å². The molecule has 82 valence electrons. The Bertz CT molecular complexity index is 514. The van der Waals surface area contributed by atoms with E-state index in [2.05, 4.69) is 10.2 Å². The van der Waals surface area contributed by atoms with Crippen LogP contribution in [0.1, 0.15) is 5.56 Å². The highest BCUT2D eigenvalue weighted by Gasteiger charge is 2.04. The van der Waals surface area contributed by atoms with Crippen LogP contribution in [0.2, 0.25) is 5.15 Å². The maximum Gasteiger partial charge on any atom is 0.154 e. The lowest BCUT2D eigenvalue weighted by atomic mass is 10.1. The number of halogens is 1. The molecule has 3 nitrogen and oxygen atoms in total. The largest absolute Gasteiger partial charge is 0.497 e. The Morgan fingerprint density at radius 1 is 1.19 bits per heavy atom. The van der Waals surface area contributed by atoms with Gasteiger partial charge in [0.2, 0.25) is 0 Å². The minimum absolute atomic E-state index is 0.437. The Balaban J connectivity index is 2.46. The molecule has 16 heavy (non-hydrogen) atoms. The number of aromatic nitrogens is 2. The van der Waals surface area contributed by atoms with Crippen molar-refractivity contribution in [3.8, 4) is 17.0 Å². The SMILES string of the molecule is COc1cccc(-c2cc(C)c(Cl)nn2)c1. The maximum absolute atomic E-state index is 5.83. The summed E-state index contributed by atoms with van der Waals surface area (Å²) in [5.41, 5.74) is 2.67. The van der Waals surface area contributed by atoms with Crippen molar-refractivity contribution in [2.45, 2.75) is 6.92 Å². The van der Waals surface area contributed by atoms with E-state index in [1.54, 1.807) is 7.11 Å². The second kappa shape index (κ2) is 4.49. The molecule has 4 heteroatoms. The Hall–Kier alpha value is -1.61. The number of benzene rings is 1. The summed E-state index contributed by atoms with van der Waals surface area (Å²) < 4.78 is 5.16. The Kier molecular flexibility index (Phi) is 3.06. The highest BCUT2D eigenvalue weighted by molar-refractivity contribution is 6.30. The van der Waals surface area contributed by atoms with Crippen LogP contribution in [0.5, 0.6) is 5.75 Å². The minimum Gasteiger partial charge on any atom is -0.497 e. The topological polar surface area (TPSA) is 35.0 Å². The van der Waals surface area contributed by atoms with Gasteiger partial charge in [-0.3, -0.25) is 0 Å². The first-order valence-electron chi connectivity index (χ1n) is 4.85. The van der Waals surface area contributed by atoms with Gasteiger partial charge in [-0.05, 0) is 30.7 Å². The molecule has 0 saturated carbocycles. The molecule has 0 bridgehead atoms. The molecule has 0 aliphatic heterocycles. The van der Waals surface area contributed by atoms with Gasteiger partial charge in [-0.15, -0.1) is 10.2 Å². The third-order valence-corrected chi connectivity index (χ3v) is 2.66. The molecule has 0 unspecified atom stereocenters. The molecule has 2 rings (SSSR count). The summed E-state index contributed by atoms with van der Waals surface area (Å²) in [6.07, 6.45) is 0. The first kappa shape index (κ1) is 10.9. The highest BCUT2D eigenvalue weighted by atomic mass is 35.5. The van der Waals surface area contributed by atoms with Gasteiger partial charge in [-0.1, -0.05) is 23.7 Å². The summed E-state index contributed by atoms with van der Waals surface area (Å²) >= 11 is 5.83. The van der Waals surface area contributed by atoms with E-state index >= 15 is 0 Å². The van der Waals surface area contributed by atoms with Gasteiger partial charge >= 0.3 is 0 Å². The van der Waals surface area contributed by atoms with E-state index in [1.165, 1.54) is 0 Å². The van der Waals surface area contributed by atoms with Crippen LogP contribution in [-0.4, -0.2) is 17.3 Å². The van der Waals surface area contributed by atoms with E-state index in [-0.39, 0.29) is 0 Å². The molecule has 1 aromatic heterocycles. The fourth-order valence-corrected chi connectivity index (χ4v) is 1.49. The molecule has 0 aliphatic carbocycles. The van der Waals surface area contributed by atoms with Crippen LogP contribution in [0, 0.1) is 6.92 Å². The molecule has 0 fully saturated rings. The van der Waals surface area contributed by atoms with Gasteiger partial charge in [0.1, 0.15) is 5.75 Å². The second-order valence-electron chi connectivity index (χ2n) is 3.44. The third-order valence-electron chi connectivity index (χ3n) is 2.29. The smallest absolute Gasteiger partial charge is 0.154 e. The summed E-state index contributed by atoms with van der Waals surface area (Å²) in [6, 6.07) is 9.58. The van der Waals surface area contributed by atoms with Gasteiger partial charge in [-0.2, -0.15) is 0 Å². The van der Waals surface area contributed by atoms with Crippen molar-refractivity contribution in [1.82, 2.24) is 10.2 Å². The molecule has 0 aliphatic rings. The van der Waals surface area contributed by atoms with Crippen molar-refractivity contribution in [2.24, 2.45) is 0 Å². The standard InChI is InChI=1S/C12H11ClN2O/c1-8-6-11(14-15-12(8)13)9-4-3-5-10(7-9)16-2/h3-7H,1-2H3. The summed E-state index contributed by atoms with van der Waals surface area (Å²) in [5, 5.41) is 8.37. The Labute approximate surface area is 99.0 Å². The minimum atomic E-state index is 0.437.